The van der Waals surface area contributed by atoms with Crippen molar-refractivity contribution < 1.29 is 4.79 Å². The molecule has 0 spiro atoms. The van der Waals surface area contributed by atoms with Crippen molar-refractivity contribution in [3.05, 3.63) is 83.9 Å². The number of carbonyl (C=O) groups excluding carboxylic acids is 1. The van der Waals surface area contributed by atoms with Crippen molar-refractivity contribution >= 4 is 11.6 Å². The van der Waals surface area contributed by atoms with Gasteiger partial charge in [0, 0.05) is 44.2 Å². The van der Waals surface area contributed by atoms with E-state index in [1.54, 1.807) is 12.5 Å². The first kappa shape index (κ1) is 18.3. The maximum absolute atomic E-state index is 12.3. The van der Waals surface area contributed by atoms with Gasteiger partial charge in [-0.3, -0.25) is 4.79 Å². The second-order valence-electron chi connectivity index (χ2n) is 6.33. The SMILES string of the molecule is CN(C)c1ccccc1C#CCNC(=O)c1ccc(Cn2ccnc2)cc1. The molecule has 0 saturated heterocycles. The van der Waals surface area contributed by atoms with Crippen LogP contribution in [0.1, 0.15) is 21.5 Å². The van der Waals surface area contributed by atoms with Gasteiger partial charge in [-0.15, -0.1) is 0 Å². The Morgan fingerprint density at radius 2 is 1.93 bits per heavy atom. The van der Waals surface area contributed by atoms with Crippen LogP contribution in [0.25, 0.3) is 0 Å². The molecule has 0 radical (unpaired) electrons. The molecule has 136 valence electrons. The summed E-state index contributed by atoms with van der Waals surface area (Å²) >= 11 is 0. The number of carbonyl (C=O) groups is 1. The number of rotatable bonds is 5. The molecule has 1 N–H and O–H groups in total. The molecule has 0 aliphatic carbocycles. The van der Waals surface area contributed by atoms with E-state index in [0.717, 1.165) is 23.4 Å². The molecule has 0 unspecified atom stereocenters. The molecule has 1 aromatic heterocycles. The molecule has 3 rings (SSSR count). The van der Waals surface area contributed by atoms with Crippen LogP contribution in [0, 0.1) is 11.8 Å². The Balaban J connectivity index is 1.56. The summed E-state index contributed by atoms with van der Waals surface area (Å²) in [5.74, 6) is 6.01. The Morgan fingerprint density at radius 3 is 2.63 bits per heavy atom. The van der Waals surface area contributed by atoms with Gasteiger partial charge < -0.3 is 14.8 Å². The first-order valence-electron chi connectivity index (χ1n) is 8.71. The number of nitrogens with one attached hydrogen (secondary N) is 1. The van der Waals surface area contributed by atoms with Gasteiger partial charge in [0.1, 0.15) is 0 Å². The lowest BCUT2D eigenvalue weighted by Crippen LogP contribution is -2.23. The van der Waals surface area contributed by atoms with Crippen LogP contribution in [-0.2, 0) is 6.54 Å². The second-order valence-corrected chi connectivity index (χ2v) is 6.33. The van der Waals surface area contributed by atoms with E-state index in [9.17, 15) is 4.79 Å². The van der Waals surface area contributed by atoms with E-state index < -0.39 is 0 Å². The summed E-state index contributed by atoms with van der Waals surface area (Å²) in [6, 6.07) is 15.5. The molecule has 0 saturated carbocycles. The predicted molar refractivity (Wildman–Crippen MR) is 108 cm³/mol. The van der Waals surface area contributed by atoms with Gasteiger partial charge in [0.25, 0.3) is 5.91 Å². The van der Waals surface area contributed by atoms with Crippen LogP contribution in [0.3, 0.4) is 0 Å². The van der Waals surface area contributed by atoms with Crippen LogP contribution < -0.4 is 10.2 Å². The topological polar surface area (TPSA) is 50.2 Å². The number of anilines is 1. The molecular formula is C22H22N4O. The summed E-state index contributed by atoms with van der Waals surface area (Å²) in [4.78, 5) is 18.3. The van der Waals surface area contributed by atoms with Gasteiger partial charge >= 0.3 is 0 Å². The number of imidazole rings is 1. The lowest BCUT2D eigenvalue weighted by Gasteiger charge is -2.13. The third-order valence-electron chi connectivity index (χ3n) is 4.09. The number of nitrogens with zero attached hydrogens (tertiary/aromatic N) is 3. The first-order chi connectivity index (χ1) is 13.1. The molecule has 1 amide bonds. The van der Waals surface area contributed by atoms with Crippen LogP contribution in [0.5, 0.6) is 0 Å². The van der Waals surface area contributed by atoms with Crippen LogP contribution in [-0.4, -0.2) is 36.1 Å². The van der Waals surface area contributed by atoms with Gasteiger partial charge in [-0.2, -0.15) is 0 Å². The molecule has 0 aliphatic heterocycles. The molecular weight excluding hydrogens is 336 g/mol. The Morgan fingerprint density at radius 1 is 1.15 bits per heavy atom. The van der Waals surface area contributed by atoms with E-state index in [1.807, 2.05) is 78.3 Å². The summed E-state index contributed by atoms with van der Waals surface area (Å²) in [5, 5.41) is 2.84. The first-order valence-corrected chi connectivity index (χ1v) is 8.71. The molecule has 2 aromatic carbocycles. The molecule has 0 fully saturated rings. The van der Waals surface area contributed by atoms with Crippen LogP contribution in [0.2, 0.25) is 0 Å². The van der Waals surface area contributed by atoms with E-state index in [-0.39, 0.29) is 5.91 Å². The fraction of sp³-hybridized carbons (Fsp3) is 0.182. The Labute approximate surface area is 159 Å². The molecule has 5 heteroatoms. The summed E-state index contributed by atoms with van der Waals surface area (Å²) in [5.41, 5.74) is 3.75. The number of para-hydroxylation sites is 1. The summed E-state index contributed by atoms with van der Waals surface area (Å²) in [6.07, 6.45) is 5.43. The van der Waals surface area contributed by atoms with Crippen molar-refractivity contribution in [1.29, 1.82) is 0 Å². The highest BCUT2D eigenvalue weighted by Crippen LogP contribution is 2.16. The highest BCUT2D eigenvalue weighted by Gasteiger charge is 2.04. The van der Waals surface area contributed by atoms with Gasteiger partial charge in [-0.25, -0.2) is 4.98 Å². The third kappa shape index (κ3) is 4.99. The Bertz CT molecular complexity index is 948. The zero-order chi connectivity index (χ0) is 19.1. The maximum Gasteiger partial charge on any atom is 0.252 e. The van der Waals surface area contributed by atoms with Crippen molar-refractivity contribution in [2.75, 3.05) is 25.5 Å². The monoisotopic (exact) mass is 358 g/mol. The Hall–Kier alpha value is -3.52. The molecule has 1 heterocycles. The summed E-state index contributed by atoms with van der Waals surface area (Å²) < 4.78 is 1.98. The summed E-state index contributed by atoms with van der Waals surface area (Å²) in [7, 11) is 3.97. The Kier molecular flexibility index (Phi) is 5.91. The van der Waals surface area contributed by atoms with Crippen molar-refractivity contribution in [3.63, 3.8) is 0 Å². The van der Waals surface area contributed by atoms with E-state index in [1.165, 1.54) is 0 Å². The fourth-order valence-electron chi connectivity index (χ4n) is 2.69. The minimum Gasteiger partial charge on any atom is -0.377 e. The smallest absolute Gasteiger partial charge is 0.252 e. The molecule has 0 bridgehead atoms. The van der Waals surface area contributed by atoms with Gasteiger partial charge in [0.15, 0.2) is 0 Å². The van der Waals surface area contributed by atoms with Gasteiger partial charge in [-0.1, -0.05) is 36.1 Å². The van der Waals surface area contributed by atoms with Crippen molar-refractivity contribution in [2.45, 2.75) is 6.54 Å². The molecule has 0 atom stereocenters. The van der Waals surface area contributed by atoms with Gasteiger partial charge in [0.2, 0.25) is 0 Å². The van der Waals surface area contributed by atoms with Gasteiger partial charge in [0.05, 0.1) is 18.6 Å². The fourth-order valence-corrected chi connectivity index (χ4v) is 2.69. The second kappa shape index (κ2) is 8.72. The number of benzene rings is 2. The van der Waals surface area contributed by atoms with Crippen molar-refractivity contribution in [1.82, 2.24) is 14.9 Å². The summed E-state index contributed by atoms with van der Waals surface area (Å²) in [6.45, 7) is 1.04. The molecule has 3 aromatic rings. The number of aromatic nitrogens is 2. The maximum atomic E-state index is 12.3. The van der Waals surface area contributed by atoms with E-state index in [4.69, 9.17) is 0 Å². The largest absolute Gasteiger partial charge is 0.377 e. The molecule has 5 nitrogen and oxygen atoms in total. The normalized spacial score (nSPS) is 10.0. The zero-order valence-corrected chi connectivity index (χ0v) is 15.5. The lowest BCUT2D eigenvalue weighted by molar-refractivity contribution is 0.0958. The highest BCUT2D eigenvalue weighted by molar-refractivity contribution is 5.94. The van der Waals surface area contributed by atoms with E-state index in [2.05, 4.69) is 22.1 Å². The van der Waals surface area contributed by atoms with Crippen molar-refractivity contribution in [2.24, 2.45) is 0 Å². The van der Waals surface area contributed by atoms with E-state index >= 15 is 0 Å². The van der Waals surface area contributed by atoms with Crippen LogP contribution in [0.4, 0.5) is 5.69 Å². The highest BCUT2D eigenvalue weighted by atomic mass is 16.1. The standard InChI is InChI=1S/C22H22N4O/c1-25(2)21-8-4-3-6-19(21)7-5-13-24-22(27)20-11-9-18(10-12-20)16-26-15-14-23-17-26/h3-4,6,8-12,14-15,17H,13,16H2,1-2H3,(H,24,27). The number of hydrogen-bond acceptors (Lipinski definition) is 3. The molecule has 27 heavy (non-hydrogen) atoms. The predicted octanol–water partition coefficient (Wildman–Crippen LogP) is 2.78. The van der Waals surface area contributed by atoms with Crippen LogP contribution >= 0.6 is 0 Å². The molecule has 0 aliphatic rings. The average molecular weight is 358 g/mol. The lowest BCUT2D eigenvalue weighted by atomic mass is 10.1. The van der Waals surface area contributed by atoms with Crippen LogP contribution in [0.15, 0.2) is 67.3 Å². The number of amides is 1. The number of hydrogen-bond donors (Lipinski definition) is 1. The quantitative estimate of drug-likeness (QED) is 0.714. The van der Waals surface area contributed by atoms with E-state index in [0.29, 0.717) is 12.1 Å². The average Bonchev–Trinajstić information content (AvgIpc) is 3.19. The minimum absolute atomic E-state index is 0.126. The minimum atomic E-state index is -0.126. The third-order valence-corrected chi connectivity index (χ3v) is 4.09. The van der Waals surface area contributed by atoms with Gasteiger partial charge in [-0.05, 0) is 29.8 Å². The zero-order valence-electron chi connectivity index (χ0n) is 15.5. The van der Waals surface area contributed by atoms with Crippen molar-refractivity contribution in [3.8, 4) is 11.8 Å².